The molecule has 3 aromatic rings. The Bertz CT molecular complexity index is 821. The van der Waals surface area contributed by atoms with Gasteiger partial charge in [-0.05, 0) is 35.4 Å². The van der Waals surface area contributed by atoms with Crippen LogP contribution in [-0.2, 0) is 6.54 Å². The minimum absolute atomic E-state index is 0. The van der Waals surface area contributed by atoms with Gasteiger partial charge in [0.1, 0.15) is 0 Å². The van der Waals surface area contributed by atoms with Crippen molar-refractivity contribution in [2.45, 2.75) is 13.5 Å². The first kappa shape index (κ1) is 18.0. The second-order valence-corrected chi connectivity index (χ2v) is 6.78. The molecular formula is C22H25BrN2. The fourth-order valence-electron chi connectivity index (χ4n) is 3.49. The number of rotatable bonds is 3. The highest BCUT2D eigenvalue weighted by Gasteiger charge is 2.17. The average molecular weight is 397 g/mol. The lowest BCUT2D eigenvalue weighted by atomic mass is 10.1. The molecule has 0 atom stereocenters. The Morgan fingerprint density at radius 1 is 0.760 bits per heavy atom. The molecular weight excluding hydrogens is 372 g/mol. The molecule has 25 heavy (non-hydrogen) atoms. The Labute approximate surface area is 160 Å². The molecule has 0 aliphatic carbocycles. The lowest BCUT2D eigenvalue weighted by Crippen LogP contribution is -2.45. The molecule has 3 heteroatoms. The van der Waals surface area contributed by atoms with Gasteiger partial charge in [-0.2, -0.15) is 0 Å². The van der Waals surface area contributed by atoms with Gasteiger partial charge in [0.05, 0.1) is 0 Å². The van der Waals surface area contributed by atoms with Crippen molar-refractivity contribution in [3.8, 4) is 0 Å². The van der Waals surface area contributed by atoms with Crippen LogP contribution in [0.2, 0.25) is 0 Å². The molecule has 130 valence electrons. The molecule has 0 amide bonds. The van der Waals surface area contributed by atoms with Gasteiger partial charge >= 0.3 is 0 Å². The summed E-state index contributed by atoms with van der Waals surface area (Å²) in [6.07, 6.45) is 0. The Morgan fingerprint density at radius 2 is 1.44 bits per heavy atom. The zero-order valence-corrected chi connectivity index (χ0v) is 16.4. The standard InChI is InChI=1S/C22H24N2.BrH/c1-18-6-8-19(9-7-18)17-23-12-14-24(15-13-23)22-11-10-20-4-2-3-5-21(20)16-22;/h2-11,16H,12-15,17H2,1H3;1H. The van der Waals surface area contributed by atoms with E-state index in [1.54, 1.807) is 0 Å². The Hall–Kier alpha value is -1.84. The highest BCUT2D eigenvalue weighted by molar-refractivity contribution is 8.93. The van der Waals surface area contributed by atoms with Crippen molar-refractivity contribution in [1.29, 1.82) is 0 Å². The average Bonchev–Trinajstić information content (AvgIpc) is 2.64. The predicted molar refractivity (Wildman–Crippen MR) is 113 cm³/mol. The van der Waals surface area contributed by atoms with Gasteiger partial charge in [-0.15, -0.1) is 17.0 Å². The molecule has 2 nitrogen and oxygen atoms in total. The summed E-state index contributed by atoms with van der Waals surface area (Å²) in [5.74, 6) is 0. The predicted octanol–water partition coefficient (Wildman–Crippen LogP) is 5.05. The summed E-state index contributed by atoms with van der Waals surface area (Å²) in [5, 5.41) is 2.65. The number of hydrogen-bond donors (Lipinski definition) is 0. The van der Waals surface area contributed by atoms with Crippen LogP contribution >= 0.6 is 17.0 Å². The third-order valence-corrected chi connectivity index (χ3v) is 5.00. The Morgan fingerprint density at radius 3 is 2.16 bits per heavy atom. The van der Waals surface area contributed by atoms with Gasteiger partial charge in [-0.3, -0.25) is 4.90 Å². The molecule has 0 spiro atoms. The van der Waals surface area contributed by atoms with Gasteiger partial charge in [-0.1, -0.05) is 60.2 Å². The van der Waals surface area contributed by atoms with E-state index in [9.17, 15) is 0 Å². The fourth-order valence-corrected chi connectivity index (χ4v) is 3.49. The van der Waals surface area contributed by atoms with E-state index in [-0.39, 0.29) is 17.0 Å². The summed E-state index contributed by atoms with van der Waals surface area (Å²) in [7, 11) is 0. The van der Waals surface area contributed by atoms with E-state index in [4.69, 9.17) is 0 Å². The van der Waals surface area contributed by atoms with Crippen molar-refractivity contribution in [2.75, 3.05) is 31.1 Å². The van der Waals surface area contributed by atoms with E-state index in [1.807, 2.05) is 0 Å². The van der Waals surface area contributed by atoms with Crippen LogP contribution in [0.3, 0.4) is 0 Å². The second-order valence-electron chi connectivity index (χ2n) is 6.78. The minimum Gasteiger partial charge on any atom is -0.369 e. The van der Waals surface area contributed by atoms with Gasteiger partial charge in [-0.25, -0.2) is 0 Å². The van der Waals surface area contributed by atoms with E-state index in [2.05, 4.69) is 83.5 Å². The highest BCUT2D eigenvalue weighted by atomic mass is 79.9. The van der Waals surface area contributed by atoms with Crippen LogP contribution in [0.15, 0.2) is 66.7 Å². The summed E-state index contributed by atoms with van der Waals surface area (Å²) in [6.45, 7) is 7.66. The van der Waals surface area contributed by atoms with Crippen LogP contribution in [0.25, 0.3) is 10.8 Å². The molecule has 0 N–H and O–H groups in total. The second kappa shape index (κ2) is 8.03. The molecule has 1 aliphatic heterocycles. The van der Waals surface area contributed by atoms with Gasteiger partial charge < -0.3 is 4.90 Å². The molecule has 1 saturated heterocycles. The molecule has 1 aliphatic rings. The lowest BCUT2D eigenvalue weighted by molar-refractivity contribution is 0.250. The number of fused-ring (bicyclic) bond motifs is 1. The summed E-state index contributed by atoms with van der Waals surface area (Å²) in [4.78, 5) is 5.07. The molecule has 3 aromatic carbocycles. The van der Waals surface area contributed by atoms with Crippen LogP contribution in [0.1, 0.15) is 11.1 Å². The number of halogens is 1. The smallest absolute Gasteiger partial charge is 0.0373 e. The molecule has 1 fully saturated rings. The van der Waals surface area contributed by atoms with Crippen molar-refractivity contribution < 1.29 is 0 Å². The quantitative estimate of drug-likeness (QED) is 0.611. The first-order valence-corrected chi connectivity index (χ1v) is 8.80. The summed E-state index contributed by atoms with van der Waals surface area (Å²) >= 11 is 0. The summed E-state index contributed by atoms with van der Waals surface area (Å²) < 4.78 is 0. The van der Waals surface area contributed by atoms with Crippen LogP contribution < -0.4 is 4.90 Å². The Balaban J connectivity index is 0.00000182. The number of anilines is 1. The summed E-state index contributed by atoms with van der Waals surface area (Å²) in [6, 6.07) is 24.4. The van der Waals surface area contributed by atoms with E-state index in [0.29, 0.717) is 0 Å². The van der Waals surface area contributed by atoms with Gasteiger partial charge in [0.25, 0.3) is 0 Å². The van der Waals surface area contributed by atoms with Gasteiger partial charge in [0.15, 0.2) is 0 Å². The molecule has 4 rings (SSSR count). The van der Waals surface area contributed by atoms with Crippen LogP contribution in [0.4, 0.5) is 5.69 Å². The maximum atomic E-state index is 2.56. The summed E-state index contributed by atoms with van der Waals surface area (Å²) in [5.41, 5.74) is 4.10. The normalized spacial score (nSPS) is 15.2. The van der Waals surface area contributed by atoms with Crippen molar-refractivity contribution in [1.82, 2.24) is 4.90 Å². The molecule has 0 unspecified atom stereocenters. The lowest BCUT2D eigenvalue weighted by Gasteiger charge is -2.36. The number of aryl methyl sites for hydroxylation is 1. The third-order valence-electron chi connectivity index (χ3n) is 5.00. The number of benzene rings is 3. The van der Waals surface area contributed by atoms with Crippen molar-refractivity contribution in [2.24, 2.45) is 0 Å². The molecule has 0 aromatic heterocycles. The maximum Gasteiger partial charge on any atom is 0.0373 e. The highest BCUT2D eigenvalue weighted by Crippen LogP contribution is 2.23. The monoisotopic (exact) mass is 396 g/mol. The van der Waals surface area contributed by atoms with E-state index in [0.717, 1.165) is 32.7 Å². The van der Waals surface area contributed by atoms with Crippen LogP contribution in [0.5, 0.6) is 0 Å². The number of hydrogen-bond acceptors (Lipinski definition) is 2. The molecule has 0 bridgehead atoms. The molecule has 0 saturated carbocycles. The SMILES string of the molecule is Br.Cc1ccc(CN2CCN(c3ccc4ccccc4c3)CC2)cc1. The van der Waals surface area contributed by atoms with Crippen LogP contribution in [0, 0.1) is 6.92 Å². The van der Waals surface area contributed by atoms with Crippen molar-refractivity contribution in [3.63, 3.8) is 0 Å². The zero-order chi connectivity index (χ0) is 16.4. The van der Waals surface area contributed by atoms with Gasteiger partial charge in [0.2, 0.25) is 0 Å². The van der Waals surface area contributed by atoms with Crippen molar-refractivity contribution >= 4 is 33.4 Å². The number of nitrogens with zero attached hydrogens (tertiary/aromatic N) is 2. The Kier molecular flexibility index (Phi) is 5.77. The molecule has 1 heterocycles. The topological polar surface area (TPSA) is 6.48 Å². The van der Waals surface area contributed by atoms with Gasteiger partial charge in [0, 0.05) is 38.4 Å². The maximum absolute atomic E-state index is 2.56. The third kappa shape index (κ3) is 4.23. The number of piperazine rings is 1. The first-order valence-electron chi connectivity index (χ1n) is 8.80. The largest absolute Gasteiger partial charge is 0.369 e. The first-order chi connectivity index (χ1) is 11.8. The molecule has 0 radical (unpaired) electrons. The van der Waals surface area contributed by atoms with E-state index >= 15 is 0 Å². The fraction of sp³-hybridized carbons (Fsp3) is 0.273. The minimum atomic E-state index is 0. The van der Waals surface area contributed by atoms with Crippen molar-refractivity contribution in [3.05, 3.63) is 77.9 Å². The van der Waals surface area contributed by atoms with E-state index in [1.165, 1.54) is 27.6 Å². The van der Waals surface area contributed by atoms with E-state index < -0.39 is 0 Å². The van der Waals surface area contributed by atoms with Crippen LogP contribution in [-0.4, -0.2) is 31.1 Å². The zero-order valence-electron chi connectivity index (χ0n) is 14.7.